The third-order valence-electron chi connectivity index (χ3n) is 3.74. The fraction of sp³-hybridized carbons (Fsp3) is 0.500. The van der Waals surface area contributed by atoms with E-state index in [2.05, 4.69) is 5.32 Å². The van der Waals surface area contributed by atoms with Crippen LogP contribution in [-0.4, -0.2) is 42.5 Å². The predicted molar refractivity (Wildman–Crippen MR) is 79.6 cm³/mol. The maximum Gasteiger partial charge on any atom is 0.250 e. The van der Waals surface area contributed by atoms with Crippen LogP contribution in [-0.2, 0) is 14.3 Å². The highest BCUT2D eigenvalue weighted by Gasteiger charge is 2.38. The molecule has 1 aliphatic heterocycles. The SMILES string of the molecule is COCC(C)(C)N1CCC(=O)NC(c2ccccc2)C1=O. The van der Waals surface area contributed by atoms with Crippen LogP contribution in [0.3, 0.4) is 0 Å². The zero-order valence-corrected chi connectivity index (χ0v) is 12.8. The molecule has 1 fully saturated rings. The van der Waals surface area contributed by atoms with Crippen LogP contribution < -0.4 is 5.32 Å². The van der Waals surface area contributed by atoms with E-state index in [1.165, 1.54) is 0 Å². The summed E-state index contributed by atoms with van der Waals surface area (Å²) in [4.78, 5) is 26.5. The second-order valence-corrected chi connectivity index (χ2v) is 5.90. The fourth-order valence-electron chi connectivity index (χ4n) is 2.68. The molecule has 1 saturated heterocycles. The van der Waals surface area contributed by atoms with Crippen LogP contribution in [0.25, 0.3) is 0 Å². The Morgan fingerprint density at radius 1 is 1.29 bits per heavy atom. The van der Waals surface area contributed by atoms with Gasteiger partial charge in [0.05, 0.1) is 12.1 Å². The Kier molecular flexibility index (Phi) is 4.63. The lowest BCUT2D eigenvalue weighted by atomic mass is 10.00. The molecule has 114 valence electrons. The van der Waals surface area contributed by atoms with Crippen molar-refractivity contribution >= 4 is 11.8 Å². The van der Waals surface area contributed by atoms with Crippen molar-refractivity contribution in [1.29, 1.82) is 0 Å². The molecule has 0 bridgehead atoms. The molecule has 1 N–H and O–H groups in total. The number of nitrogens with one attached hydrogen (secondary N) is 1. The summed E-state index contributed by atoms with van der Waals surface area (Å²) in [5.41, 5.74) is 0.349. The highest BCUT2D eigenvalue weighted by molar-refractivity contribution is 5.91. The van der Waals surface area contributed by atoms with Gasteiger partial charge in [-0.05, 0) is 19.4 Å². The number of benzene rings is 1. The largest absolute Gasteiger partial charge is 0.382 e. The summed E-state index contributed by atoms with van der Waals surface area (Å²) >= 11 is 0. The molecule has 1 aromatic carbocycles. The van der Waals surface area contributed by atoms with Gasteiger partial charge in [-0.2, -0.15) is 0 Å². The summed E-state index contributed by atoms with van der Waals surface area (Å²) in [5, 5.41) is 2.82. The summed E-state index contributed by atoms with van der Waals surface area (Å²) in [6, 6.07) is 8.70. The van der Waals surface area contributed by atoms with Crippen LogP contribution in [0.15, 0.2) is 30.3 Å². The van der Waals surface area contributed by atoms with Crippen molar-refractivity contribution in [1.82, 2.24) is 10.2 Å². The number of amides is 2. The molecule has 0 saturated carbocycles. The average Bonchev–Trinajstić information content (AvgIpc) is 2.59. The van der Waals surface area contributed by atoms with E-state index in [1.807, 2.05) is 44.2 Å². The van der Waals surface area contributed by atoms with Crippen molar-refractivity contribution in [2.45, 2.75) is 31.8 Å². The third kappa shape index (κ3) is 3.42. The summed E-state index contributed by atoms with van der Waals surface area (Å²) in [7, 11) is 1.61. The number of hydrogen-bond donors (Lipinski definition) is 1. The molecule has 1 aromatic rings. The second kappa shape index (κ2) is 6.26. The predicted octanol–water partition coefficient (Wildman–Crippen LogP) is 1.50. The number of carbonyl (C=O) groups is 2. The van der Waals surface area contributed by atoms with Gasteiger partial charge in [0.1, 0.15) is 6.04 Å². The van der Waals surface area contributed by atoms with E-state index in [9.17, 15) is 9.59 Å². The molecular formula is C16H22N2O3. The van der Waals surface area contributed by atoms with Crippen molar-refractivity contribution < 1.29 is 14.3 Å². The summed E-state index contributed by atoms with van der Waals surface area (Å²) in [6.07, 6.45) is 0.308. The highest BCUT2D eigenvalue weighted by Crippen LogP contribution is 2.25. The van der Waals surface area contributed by atoms with E-state index < -0.39 is 11.6 Å². The minimum atomic E-state index is -0.627. The number of hydrogen-bond acceptors (Lipinski definition) is 3. The zero-order valence-electron chi connectivity index (χ0n) is 12.8. The standard InChI is InChI=1S/C16H22N2O3/c1-16(2,11-21-3)18-10-9-13(19)17-14(15(18)20)12-7-5-4-6-8-12/h4-8,14H,9-11H2,1-3H3,(H,17,19). The van der Waals surface area contributed by atoms with E-state index >= 15 is 0 Å². The zero-order chi connectivity index (χ0) is 15.5. The molecule has 1 unspecified atom stereocenters. The smallest absolute Gasteiger partial charge is 0.250 e. The van der Waals surface area contributed by atoms with Gasteiger partial charge in [0.25, 0.3) is 0 Å². The lowest BCUT2D eigenvalue weighted by Crippen LogP contribution is -2.52. The van der Waals surface area contributed by atoms with E-state index in [0.717, 1.165) is 5.56 Å². The van der Waals surface area contributed by atoms with Gasteiger partial charge in [0.15, 0.2) is 0 Å². The Bertz CT molecular complexity index is 514. The Labute approximate surface area is 125 Å². The highest BCUT2D eigenvalue weighted by atomic mass is 16.5. The van der Waals surface area contributed by atoms with E-state index in [0.29, 0.717) is 19.6 Å². The number of nitrogens with zero attached hydrogens (tertiary/aromatic N) is 1. The quantitative estimate of drug-likeness (QED) is 0.914. The van der Waals surface area contributed by atoms with Crippen molar-refractivity contribution in [3.8, 4) is 0 Å². The molecule has 0 radical (unpaired) electrons. The van der Waals surface area contributed by atoms with Crippen LogP contribution in [0.2, 0.25) is 0 Å². The molecule has 2 amide bonds. The van der Waals surface area contributed by atoms with E-state index in [-0.39, 0.29) is 11.8 Å². The van der Waals surface area contributed by atoms with Gasteiger partial charge in [-0.3, -0.25) is 9.59 Å². The van der Waals surface area contributed by atoms with E-state index in [4.69, 9.17) is 4.74 Å². The van der Waals surface area contributed by atoms with E-state index in [1.54, 1.807) is 12.0 Å². The molecule has 0 spiro atoms. The van der Waals surface area contributed by atoms with Gasteiger partial charge >= 0.3 is 0 Å². The van der Waals surface area contributed by atoms with Crippen molar-refractivity contribution in [3.63, 3.8) is 0 Å². The minimum absolute atomic E-state index is 0.0888. The molecule has 21 heavy (non-hydrogen) atoms. The fourth-order valence-corrected chi connectivity index (χ4v) is 2.68. The van der Waals surface area contributed by atoms with Crippen LogP contribution in [0.5, 0.6) is 0 Å². The lowest BCUT2D eigenvalue weighted by molar-refractivity contribution is -0.140. The molecule has 2 rings (SSSR count). The van der Waals surface area contributed by atoms with Crippen LogP contribution in [0, 0.1) is 0 Å². The molecule has 1 heterocycles. The van der Waals surface area contributed by atoms with Gasteiger partial charge in [0, 0.05) is 20.1 Å². The van der Waals surface area contributed by atoms with Crippen LogP contribution >= 0.6 is 0 Å². The molecule has 5 heteroatoms. The summed E-state index contributed by atoms with van der Waals surface area (Å²) in [5.74, 6) is -0.193. The Morgan fingerprint density at radius 2 is 1.95 bits per heavy atom. The topological polar surface area (TPSA) is 58.6 Å². The lowest BCUT2D eigenvalue weighted by Gasteiger charge is -2.38. The van der Waals surface area contributed by atoms with Crippen LogP contribution in [0.1, 0.15) is 31.9 Å². The molecule has 1 aliphatic rings. The normalized spacial score (nSPS) is 20.1. The van der Waals surface area contributed by atoms with Gasteiger partial charge in [0.2, 0.25) is 11.8 Å². The van der Waals surface area contributed by atoms with Crippen molar-refractivity contribution in [3.05, 3.63) is 35.9 Å². The molecule has 0 aromatic heterocycles. The number of rotatable bonds is 4. The van der Waals surface area contributed by atoms with Crippen molar-refractivity contribution in [2.24, 2.45) is 0 Å². The average molecular weight is 290 g/mol. The number of methoxy groups -OCH3 is 1. The van der Waals surface area contributed by atoms with Crippen molar-refractivity contribution in [2.75, 3.05) is 20.3 Å². The molecule has 1 atom stereocenters. The monoisotopic (exact) mass is 290 g/mol. The van der Waals surface area contributed by atoms with Gasteiger partial charge in [-0.15, -0.1) is 0 Å². The third-order valence-corrected chi connectivity index (χ3v) is 3.74. The first-order chi connectivity index (χ1) is 9.95. The van der Waals surface area contributed by atoms with Gasteiger partial charge < -0.3 is 15.0 Å². The Hall–Kier alpha value is -1.88. The van der Waals surface area contributed by atoms with Crippen LogP contribution in [0.4, 0.5) is 0 Å². The first kappa shape index (κ1) is 15.5. The number of carbonyl (C=O) groups excluding carboxylic acids is 2. The first-order valence-corrected chi connectivity index (χ1v) is 7.10. The molecule has 0 aliphatic carbocycles. The summed E-state index contributed by atoms with van der Waals surface area (Å²) in [6.45, 7) is 4.73. The Balaban J connectivity index is 2.33. The first-order valence-electron chi connectivity index (χ1n) is 7.10. The maximum absolute atomic E-state index is 12.9. The maximum atomic E-state index is 12.9. The number of ether oxygens (including phenoxy) is 1. The van der Waals surface area contributed by atoms with Gasteiger partial charge in [-0.25, -0.2) is 0 Å². The molecular weight excluding hydrogens is 268 g/mol. The second-order valence-electron chi connectivity index (χ2n) is 5.90. The van der Waals surface area contributed by atoms with Gasteiger partial charge in [-0.1, -0.05) is 30.3 Å². The minimum Gasteiger partial charge on any atom is -0.382 e. The molecule has 5 nitrogen and oxygen atoms in total. The Morgan fingerprint density at radius 3 is 2.57 bits per heavy atom. The summed E-state index contributed by atoms with van der Waals surface area (Å²) < 4.78 is 5.22.